The van der Waals surface area contributed by atoms with Crippen LogP contribution in [0.2, 0.25) is 0 Å². The van der Waals surface area contributed by atoms with Crippen molar-refractivity contribution in [2.75, 3.05) is 19.6 Å². The topological polar surface area (TPSA) is 79.1 Å². The van der Waals surface area contributed by atoms with Crippen molar-refractivity contribution in [3.05, 3.63) is 54.2 Å². The van der Waals surface area contributed by atoms with Gasteiger partial charge in [-0.15, -0.1) is 0 Å². The highest BCUT2D eigenvalue weighted by Crippen LogP contribution is 2.19. The molecule has 0 bridgehead atoms. The van der Waals surface area contributed by atoms with E-state index in [4.69, 9.17) is 4.42 Å². The lowest BCUT2D eigenvalue weighted by atomic mass is 9.98. The Morgan fingerprint density at radius 3 is 3.11 bits per heavy atom. The molecule has 4 heterocycles. The number of aromatic nitrogens is 3. The number of furan rings is 1. The van der Waals surface area contributed by atoms with Gasteiger partial charge in [-0.25, -0.2) is 0 Å². The van der Waals surface area contributed by atoms with E-state index in [1.807, 2.05) is 42.1 Å². The summed E-state index contributed by atoms with van der Waals surface area (Å²) in [6.07, 6.45) is 5.95. The van der Waals surface area contributed by atoms with Gasteiger partial charge in [0.1, 0.15) is 17.1 Å². The van der Waals surface area contributed by atoms with Gasteiger partial charge >= 0.3 is 0 Å². The first-order chi connectivity index (χ1) is 13.2. The van der Waals surface area contributed by atoms with Crippen molar-refractivity contribution in [1.29, 1.82) is 0 Å². The second-order valence-corrected chi connectivity index (χ2v) is 7.20. The van der Waals surface area contributed by atoms with Crippen molar-refractivity contribution < 1.29 is 9.21 Å². The fraction of sp³-hybridized carbons (Fsp3) is 0.400. The maximum Gasteiger partial charge on any atom is 0.269 e. The van der Waals surface area contributed by atoms with E-state index in [0.29, 0.717) is 18.2 Å². The molecule has 4 rings (SSSR count). The lowest BCUT2D eigenvalue weighted by Gasteiger charge is -2.32. The van der Waals surface area contributed by atoms with Gasteiger partial charge in [0.2, 0.25) is 0 Å². The minimum absolute atomic E-state index is 0.105. The van der Waals surface area contributed by atoms with Crippen LogP contribution in [-0.2, 0) is 13.6 Å². The number of rotatable bonds is 6. The molecule has 1 atom stereocenters. The highest BCUT2D eigenvalue weighted by molar-refractivity contribution is 5.93. The number of carbonyl (C=O) groups is 1. The fourth-order valence-electron chi connectivity index (χ4n) is 3.71. The number of nitrogens with zero attached hydrogens (tertiary/aromatic N) is 3. The molecule has 1 aliphatic rings. The zero-order valence-electron chi connectivity index (χ0n) is 15.5. The molecule has 1 aliphatic heterocycles. The summed E-state index contributed by atoms with van der Waals surface area (Å²) in [5, 5.41) is 10.2. The first-order valence-electron chi connectivity index (χ1n) is 9.39. The molecule has 1 unspecified atom stereocenters. The van der Waals surface area contributed by atoms with E-state index in [-0.39, 0.29) is 5.91 Å². The molecule has 7 nitrogen and oxygen atoms in total. The van der Waals surface area contributed by atoms with Crippen LogP contribution in [0.1, 0.15) is 29.1 Å². The summed E-state index contributed by atoms with van der Waals surface area (Å²) in [6.45, 7) is 3.55. The van der Waals surface area contributed by atoms with E-state index in [1.165, 1.54) is 0 Å². The summed E-state index contributed by atoms with van der Waals surface area (Å²) in [5.74, 6) is 1.34. The molecule has 1 fully saturated rings. The van der Waals surface area contributed by atoms with Crippen LogP contribution in [0.3, 0.4) is 0 Å². The molecule has 1 amide bonds. The number of aromatic amines is 1. The molecule has 27 heavy (non-hydrogen) atoms. The molecule has 2 N–H and O–H groups in total. The van der Waals surface area contributed by atoms with Crippen molar-refractivity contribution in [2.24, 2.45) is 13.0 Å². The van der Waals surface area contributed by atoms with E-state index >= 15 is 0 Å². The molecule has 3 aromatic rings. The van der Waals surface area contributed by atoms with Gasteiger partial charge in [-0.3, -0.25) is 14.8 Å². The van der Waals surface area contributed by atoms with Gasteiger partial charge in [0.25, 0.3) is 5.91 Å². The summed E-state index contributed by atoms with van der Waals surface area (Å²) >= 11 is 0. The standard InChI is InChI=1S/C20H25N5O2/c1-24-8-3-7-19(24)17-11-18(23-22-17)20(26)21-12-15-5-2-9-25(13-15)14-16-6-4-10-27-16/h3-4,6-8,10-11,15H,2,5,9,12-14H2,1H3,(H,21,26)(H,22,23). The lowest BCUT2D eigenvalue weighted by molar-refractivity contribution is 0.0923. The molecule has 0 aromatic carbocycles. The summed E-state index contributed by atoms with van der Waals surface area (Å²) in [5.41, 5.74) is 2.25. The number of amides is 1. The average molecular weight is 367 g/mol. The van der Waals surface area contributed by atoms with Crippen molar-refractivity contribution in [2.45, 2.75) is 19.4 Å². The third kappa shape index (κ3) is 4.14. The van der Waals surface area contributed by atoms with Gasteiger partial charge in [-0.05, 0) is 55.6 Å². The highest BCUT2D eigenvalue weighted by atomic mass is 16.3. The van der Waals surface area contributed by atoms with E-state index < -0.39 is 0 Å². The first-order valence-corrected chi connectivity index (χ1v) is 9.39. The van der Waals surface area contributed by atoms with Crippen LogP contribution in [-0.4, -0.2) is 45.2 Å². The minimum atomic E-state index is -0.105. The van der Waals surface area contributed by atoms with Crippen LogP contribution < -0.4 is 5.32 Å². The van der Waals surface area contributed by atoms with E-state index in [0.717, 1.165) is 49.6 Å². The number of aryl methyl sites for hydroxylation is 1. The zero-order valence-corrected chi connectivity index (χ0v) is 15.5. The van der Waals surface area contributed by atoms with Gasteiger partial charge in [-0.2, -0.15) is 5.10 Å². The molecular formula is C20H25N5O2. The predicted molar refractivity (Wildman–Crippen MR) is 102 cm³/mol. The molecule has 0 radical (unpaired) electrons. The van der Waals surface area contributed by atoms with Crippen LogP contribution in [0.15, 0.2) is 47.2 Å². The van der Waals surface area contributed by atoms with Crippen molar-refractivity contribution in [3.63, 3.8) is 0 Å². The maximum absolute atomic E-state index is 12.5. The van der Waals surface area contributed by atoms with E-state index in [1.54, 1.807) is 12.3 Å². The van der Waals surface area contributed by atoms with Gasteiger partial charge in [0.05, 0.1) is 18.5 Å². The van der Waals surface area contributed by atoms with E-state index in [9.17, 15) is 4.79 Å². The van der Waals surface area contributed by atoms with Crippen LogP contribution >= 0.6 is 0 Å². The number of likely N-dealkylation sites (tertiary alicyclic amines) is 1. The molecular weight excluding hydrogens is 342 g/mol. The summed E-state index contributed by atoms with van der Waals surface area (Å²) in [7, 11) is 1.96. The normalized spacial score (nSPS) is 17.9. The third-order valence-electron chi connectivity index (χ3n) is 5.14. The first kappa shape index (κ1) is 17.6. The molecule has 0 spiro atoms. The van der Waals surface area contributed by atoms with Crippen molar-refractivity contribution in [3.8, 4) is 11.4 Å². The van der Waals surface area contributed by atoms with Crippen molar-refractivity contribution in [1.82, 2.24) is 25.0 Å². The van der Waals surface area contributed by atoms with E-state index in [2.05, 4.69) is 20.4 Å². The number of carbonyl (C=O) groups excluding carboxylic acids is 1. The maximum atomic E-state index is 12.5. The minimum Gasteiger partial charge on any atom is -0.468 e. The largest absolute Gasteiger partial charge is 0.468 e. The number of H-pyrrole nitrogens is 1. The monoisotopic (exact) mass is 367 g/mol. The number of hydrogen-bond acceptors (Lipinski definition) is 4. The Bertz CT molecular complexity index is 880. The molecule has 142 valence electrons. The summed E-state index contributed by atoms with van der Waals surface area (Å²) < 4.78 is 7.42. The van der Waals surface area contributed by atoms with Gasteiger partial charge in [0.15, 0.2) is 0 Å². The predicted octanol–water partition coefficient (Wildman–Crippen LogP) is 2.65. The average Bonchev–Trinajstić information content (AvgIpc) is 3.41. The molecule has 0 aliphatic carbocycles. The third-order valence-corrected chi connectivity index (χ3v) is 5.14. The SMILES string of the molecule is Cn1cccc1-c1cc(C(=O)NCC2CCCN(Cc3ccco3)C2)[nH]n1. The Morgan fingerprint density at radius 2 is 2.33 bits per heavy atom. The lowest BCUT2D eigenvalue weighted by Crippen LogP contribution is -2.40. The van der Waals surface area contributed by atoms with Crippen LogP contribution in [0.25, 0.3) is 11.4 Å². The molecule has 7 heteroatoms. The quantitative estimate of drug-likeness (QED) is 0.702. The van der Waals surface area contributed by atoms with Crippen LogP contribution in [0.5, 0.6) is 0 Å². The molecule has 3 aromatic heterocycles. The Balaban J connectivity index is 1.30. The second-order valence-electron chi connectivity index (χ2n) is 7.20. The van der Waals surface area contributed by atoms with Gasteiger partial charge in [0, 0.05) is 26.3 Å². The second kappa shape index (κ2) is 7.84. The Morgan fingerprint density at radius 1 is 1.41 bits per heavy atom. The zero-order chi connectivity index (χ0) is 18.6. The van der Waals surface area contributed by atoms with Crippen molar-refractivity contribution >= 4 is 5.91 Å². The Kier molecular flexibility index (Phi) is 5.11. The number of nitrogens with one attached hydrogen (secondary N) is 2. The Labute approximate surface area is 158 Å². The summed E-state index contributed by atoms with van der Waals surface area (Å²) in [4.78, 5) is 14.9. The number of hydrogen-bond donors (Lipinski definition) is 2. The molecule has 0 saturated carbocycles. The summed E-state index contributed by atoms with van der Waals surface area (Å²) in [6, 6.07) is 9.67. The Hall–Kier alpha value is -2.80. The van der Waals surface area contributed by atoms with Gasteiger partial charge in [-0.1, -0.05) is 0 Å². The van der Waals surface area contributed by atoms with Crippen LogP contribution in [0.4, 0.5) is 0 Å². The van der Waals surface area contributed by atoms with Crippen LogP contribution in [0, 0.1) is 5.92 Å². The molecule has 1 saturated heterocycles. The highest BCUT2D eigenvalue weighted by Gasteiger charge is 2.22. The number of piperidine rings is 1. The fourth-order valence-corrected chi connectivity index (χ4v) is 3.71. The van der Waals surface area contributed by atoms with Gasteiger partial charge < -0.3 is 14.3 Å². The smallest absolute Gasteiger partial charge is 0.269 e.